The molecule has 0 spiro atoms. The molecule has 0 aliphatic carbocycles. The fourth-order valence-electron chi connectivity index (χ4n) is 4.07. The monoisotopic (exact) mass is 527 g/mol. The fraction of sp³-hybridized carbons (Fsp3) is 0.185. The van der Waals surface area contributed by atoms with Crippen LogP contribution in [0.4, 0.5) is 5.69 Å². The number of aromatic hydroxyl groups is 1. The Morgan fingerprint density at radius 1 is 0.944 bits per heavy atom. The minimum atomic E-state index is -1.03. The topological polar surface area (TPSA) is 96.3 Å². The van der Waals surface area contributed by atoms with Gasteiger partial charge >= 0.3 is 0 Å². The third kappa shape index (κ3) is 4.72. The highest BCUT2D eigenvalue weighted by Crippen LogP contribution is 2.44. The number of amides is 1. The standard InChI is InChI=1S/C27H23Cl2NO6/c1-3-35-18-7-5-6-17(14-18)30-24(15-9-11-21(31)22(13-15)36-4-2)23(26(33)27(30)34)25(32)16-8-10-19(28)20(29)12-16/h5-14,24,31-32H,3-4H2,1-2H3/b25-23-. The molecule has 1 heterocycles. The maximum atomic E-state index is 13.4. The SMILES string of the molecule is CCOc1cccc(N2C(=O)C(=O)/C(=C(\O)c3ccc(Cl)c(Cl)c3)C2c2ccc(O)c(OCC)c2)c1. The normalized spacial score (nSPS) is 16.9. The number of phenolic OH excluding ortho intramolecular Hbond substituents is 1. The molecule has 1 amide bonds. The van der Waals surface area contributed by atoms with Crippen LogP contribution >= 0.6 is 23.2 Å². The van der Waals surface area contributed by atoms with Gasteiger partial charge in [-0.1, -0.05) is 35.3 Å². The van der Waals surface area contributed by atoms with Crippen LogP contribution in [0.1, 0.15) is 31.0 Å². The summed E-state index contributed by atoms with van der Waals surface area (Å²) in [5.74, 6) is -1.52. The average molecular weight is 528 g/mol. The van der Waals surface area contributed by atoms with E-state index in [0.29, 0.717) is 23.6 Å². The first-order chi connectivity index (χ1) is 17.3. The molecule has 0 saturated carbocycles. The van der Waals surface area contributed by atoms with E-state index in [1.54, 1.807) is 37.3 Å². The zero-order valence-corrected chi connectivity index (χ0v) is 21.0. The van der Waals surface area contributed by atoms with Gasteiger partial charge < -0.3 is 19.7 Å². The highest BCUT2D eigenvalue weighted by Gasteiger charge is 2.47. The lowest BCUT2D eigenvalue weighted by molar-refractivity contribution is -0.132. The first-order valence-corrected chi connectivity index (χ1v) is 12.0. The second-order valence-electron chi connectivity index (χ2n) is 7.89. The molecule has 186 valence electrons. The Bertz CT molecular complexity index is 1370. The predicted octanol–water partition coefficient (Wildman–Crippen LogP) is 6.12. The quantitative estimate of drug-likeness (QED) is 0.218. The van der Waals surface area contributed by atoms with Gasteiger partial charge in [0.1, 0.15) is 11.5 Å². The first kappa shape index (κ1) is 25.4. The summed E-state index contributed by atoms with van der Waals surface area (Å²) in [6.07, 6.45) is 0. The molecule has 7 nitrogen and oxygen atoms in total. The third-order valence-electron chi connectivity index (χ3n) is 5.64. The van der Waals surface area contributed by atoms with Gasteiger partial charge in [0.05, 0.1) is 34.9 Å². The van der Waals surface area contributed by atoms with Crippen molar-refractivity contribution in [3.05, 3.63) is 87.4 Å². The van der Waals surface area contributed by atoms with E-state index in [1.807, 2.05) is 6.92 Å². The number of aliphatic hydroxyl groups is 1. The number of carbonyl (C=O) groups excluding carboxylic acids is 2. The van der Waals surface area contributed by atoms with Crippen LogP contribution in [0.25, 0.3) is 5.76 Å². The van der Waals surface area contributed by atoms with Crippen LogP contribution in [0.5, 0.6) is 17.2 Å². The number of aliphatic hydroxyl groups excluding tert-OH is 1. The van der Waals surface area contributed by atoms with Gasteiger partial charge in [-0.25, -0.2) is 0 Å². The van der Waals surface area contributed by atoms with Crippen LogP contribution in [-0.2, 0) is 9.59 Å². The van der Waals surface area contributed by atoms with Crippen molar-refractivity contribution in [3.8, 4) is 17.2 Å². The molecular weight excluding hydrogens is 505 g/mol. The largest absolute Gasteiger partial charge is 0.507 e. The van der Waals surface area contributed by atoms with Crippen molar-refractivity contribution in [1.29, 1.82) is 0 Å². The van der Waals surface area contributed by atoms with E-state index in [4.69, 9.17) is 32.7 Å². The number of ketones is 1. The summed E-state index contributed by atoms with van der Waals surface area (Å²) in [6.45, 7) is 4.30. The lowest BCUT2D eigenvalue weighted by atomic mass is 9.94. The lowest BCUT2D eigenvalue weighted by Gasteiger charge is -2.26. The van der Waals surface area contributed by atoms with Gasteiger partial charge in [0, 0.05) is 17.3 Å². The number of ether oxygens (including phenoxy) is 2. The number of phenols is 1. The summed E-state index contributed by atoms with van der Waals surface area (Å²) >= 11 is 12.2. The smallest absolute Gasteiger partial charge is 0.300 e. The molecule has 1 atom stereocenters. The van der Waals surface area contributed by atoms with Gasteiger partial charge in [-0.15, -0.1) is 0 Å². The number of nitrogens with zero attached hydrogens (tertiary/aromatic N) is 1. The molecule has 0 aromatic heterocycles. The summed E-state index contributed by atoms with van der Waals surface area (Å²) in [6, 6.07) is 14.7. The van der Waals surface area contributed by atoms with Crippen molar-refractivity contribution < 1.29 is 29.3 Å². The summed E-state index contributed by atoms with van der Waals surface area (Å²) in [7, 11) is 0. The molecule has 1 fully saturated rings. The number of halogens is 2. The predicted molar refractivity (Wildman–Crippen MR) is 138 cm³/mol. The van der Waals surface area contributed by atoms with Gasteiger partial charge in [0.25, 0.3) is 11.7 Å². The molecule has 3 aromatic rings. The number of anilines is 1. The molecule has 1 unspecified atom stereocenters. The number of hydrogen-bond acceptors (Lipinski definition) is 6. The molecule has 3 aromatic carbocycles. The van der Waals surface area contributed by atoms with Crippen LogP contribution in [0.3, 0.4) is 0 Å². The zero-order valence-electron chi connectivity index (χ0n) is 19.5. The third-order valence-corrected chi connectivity index (χ3v) is 6.38. The minimum Gasteiger partial charge on any atom is -0.507 e. The minimum absolute atomic E-state index is 0.0969. The molecule has 0 bridgehead atoms. The van der Waals surface area contributed by atoms with E-state index in [1.165, 1.54) is 35.2 Å². The van der Waals surface area contributed by atoms with E-state index in [0.717, 1.165) is 0 Å². The van der Waals surface area contributed by atoms with E-state index in [-0.39, 0.29) is 39.3 Å². The number of benzene rings is 3. The van der Waals surface area contributed by atoms with E-state index in [2.05, 4.69) is 0 Å². The van der Waals surface area contributed by atoms with Crippen molar-refractivity contribution in [2.45, 2.75) is 19.9 Å². The van der Waals surface area contributed by atoms with Gasteiger partial charge in [0.15, 0.2) is 11.5 Å². The highest BCUT2D eigenvalue weighted by molar-refractivity contribution is 6.51. The van der Waals surface area contributed by atoms with Gasteiger partial charge in [-0.2, -0.15) is 0 Å². The first-order valence-electron chi connectivity index (χ1n) is 11.2. The Balaban J connectivity index is 1.96. The van der Waals surface area contributed by atoms with E-state index in [9.17, 15) is 19.8 Å². The maximum absolute atomic E-state index is 13.4. The number of rotatable bonds is 7. The Morgan fingerprint density at radius 2 is 1.69 bits per heavy atom. The summed E-state index contributed by atoms with van der Waals surface area (Å²) < 4.78 is 11.1. The van der Waals surface area contributed by atoms with Crippen molar-refractivity contribution in [1.82, 2.24) is 0 Å². The van der Waals surface area contributed by atoms with E-state index >= 15 is 0 Å². The molecule has 9 heteroatoms. The summed E-state index contributed by atoms with van der Waals surface area (Å²) in [5, 5.41) is 21.9. The lowest BCUT2D eigenvalue weighted by Crippen LogP contribution is -2.29. The van der Waals surface area contributed by atoms with Crippen molar-refractivity contribution in [2.75, 3.05) is 18.1 Å². The maximum Gasteiger partial charge on any atom is 0.300 e. The molecular formula is C27H23Cl2NO6. The average Bonchev–Trinajstić information content (AvgIpc) is 3.12. The summed E-state index contributed by atoms with van der Waals surface area (Å²) in [4.78, 5) is 28.0. The Labute approximate surface area is 218 Å². The van der Waals surface area contributed by atoms with Gasteiger partial charge in [-0.3, -0.25) is 14.5 Å². The Hall–Kier alpha value is -3.68. The zero-order chi connectivity index (χ0) is 26.0. The Kier molecular flexibility index (Phi) is 7.43. The Morgan fingerprint density at radius 3 is 2.39 bits per heavy atom. The van der Waals surface area contributed by atoms with Crippen molar-refractivity contribution in [3.63, 3.8) is 0 Å². The molecule has 1 aliphatic heterocycles. The van der Waals surface area contributed by atoms with Crippen LogP contribution in [0.2, 0.25) is 10.0 Å². The number of carbonyl (C=O) groups is 2. The summed E-state index contributed by atoms with van der Waals surface area (Å²) in [5.41, 5.74) is 0.916. The van der Waals surface area contributed by atoms with Crippen LogP contribution < -0.4 is 14.4 Å². The molecule has 0 radical (unpaired) electrons. The molecule has 36 heavy (non-hydrogen) atoms. The van der Waals surface area contributed by atoms with Crippen molar-refractivity contribution in [2.24, 2.45) is 0 Å². The molecule has 1 saturated heterocycles. The molecule has 2 N–H and O–H groups in total. The fourth-order valence-corrected chi connectivity index (χ4v) is 4.37. The number of hydrogen-bond donors (Lipinski definition) is 2. The van der Waals surface area contributed by atoms with E-state index < -0.39 is 23.5 Å². The van der Waals surface area contributed by atoms with Crippen LogP contribution in [-0.4, -0.2) is 35.1 Å². The van der Waals surface area contributed by atoms with Gasteiger partial charge in [0.2, 0.25) is 0 Å². The van der Waals surface area contributed by atoms with Gasteiger partial charge in [-0.05, 0) is 61.9 Å². The second kappa shape index (κ2) is 10.5. The van der Waals surface area contributed by atoms with Crippen LogP contribution in [0, 0.1) is 0 Å². The second-order valence-corrected chi connectivity index (χ2v) is 8.70. The van der Waals surface area contributed by atoms with Crippen LogP contribution in [0.15, 0.2) is 66.2 Å². The number of Topliss-reactive ketones (excluding diaryl/α,β-unsaturated/α-hetero) is 1. The molecule has 4 rings (SSSR count). The molecule has 1 aliphatic rings. The van der Waals surface area contributed by atoms with Crippen molar-refractivity contribution >= 4 is 46.3 Å². The highest BCUT2D eigenvalue weighted by atomic mass is 35.5.